The first-order valence-corrected chi connectivity index (χ1v) is 8.88. The van der Waals surface area contributed by atoms with Crippen molar-refractivity contribution >= 4 is 24.3 Å². The summed E-state index contributed by atoms with van der Waals surface area (Å²) in [7, 11) is 1.53. The normalized spacial score (nSPS) is 10.5. The van der Waals surface area contributed by atoms with Gasteiger partial charge < -0.3 is 10.1 Å². The number of nitrogens with one attached hydrogen (secondary N) is 2. The minimum Gasteiger partial charge on any atom is -0.473 e. The standard InChI is InChI=1S/C18H25N5O2S/c1-4-12-7-6-8-15(21-18(24)23(3)22-19)13(12)11-25-17-10-9-16(26)14(5-2)20-17/h6-10,22,26H,4-5,11,19H2,1-3H3,(H,21,24). The average Bonchev–Trinajstić information content (AvgIpc) is 2.66. The van der Waals surface area contributed by atoms with Crippen LogP contribution in [0.15, 0.2) is 35.2 Å². The predicted octanol–water partition coefficient (Wildman–Crippen LogP) is 2.92. The largest absolute Gasteiger partial charge is 0.473 e. The molecule has 1 heterocycles. The summed E-state index contributed by atoms with van der Waals surface area (Å²) in [6.45, 7) is 4.37. The van der Waals surface area contributed by atoms with Crippen LogP contribution in [0.2, 0.25) is 0 Å². The van der Waals surface area contributed by atoms with Crippen molar-refractivity contribution in [3.05, 3.63) is 47.2 Å². The maximum absolute atomic E-state index is 12.1. The number of aromatic nitrogens is 1. The molecule has 1 aromatic heterocycles. The molecule has 0 radical (unpaired) electrons. The Morgan fingerprint density at radius 3 is 2.69 bits per heavy atom. The fourth-order valence-corrected chi connectivity index (χ4v) is 2.75. The average molecular weight is 375 g/mol. The van der Waals surface area contributed by atoms with E-state index < -0.39 is 0 Å². The Morgan fingerprint density at radius 1 is 1.27 bits per heavy atom. The highest BCUT2D eigenvalue weighted by molar-refractivity contribution is 7.80. The predicted molar refractivity (Wildman–Crippen MR) is 105 cm³/mol. The van der Waals surface area contributed by atoms with Gasteiger partial charge >= 0.3 is 6.03 Å². The molecule has 7 nitrogen and oxygen atoms in total. The first-order chi connectivity index (χ1) is 12.5. The molecule has 2 amide bonds. The van der Waals surface area contributed by atoms with Crippen LogP contribution in [0.5, 0.6) is 5.88 Å². The van der Waals surface area contributed by atoms with E-state index in [0.717, 1.165) is 39.6 Å². The van der Waals surface area contributed by atoms with E-state index in [4.69, 9.17) is 10.6 Å². The van der Waals surface area contributed by atoms with Crippen LogP contribution >= 0.6 is 12.6 Å². The second-order valence-corrected chi connectivity index (χ2v) is 6.15. The summed E-state index contributed by atoms with van der Waals surface area (Å²) in [5.41, 5.74) is 5.84. The Labute approximate surface area is 159 Å². The third kappa shape index (κ3) is 4.87. The molecule has 2 rings (SSSR count). The molecule has 4 N–H and O–H groups in total. The van der Waals surface area contributed by atoms with Crippen LogP contribution in [0, 0.1) is 0 Å². The van der Waals surface area contributed by atoms with Gasteiger partial charge in [0.2, 0.25) is 5.88 Å². The number of urea groups is 1. The summed E-state index contributed by atoms with van der Waals surface area (Å²) < 4.78 is 5.89. The van der Waals surface area contributed by atoms with Gasteiger partial charge in [-0.3, -0.25) is 5.84 Å². The molecule has 8 heteroatoms. The Kier molecular flexibility index (Phi) is 7.26. The smallest absolute Gasteiger partial charge is 0.337 e. The number of pyridine rings is 1. The molecule has 0 spiro atoms. The first-order valence-electron chi connectivity index (χ1n) is 8.43. The van der Waals surface area contributed by atoms with Gasteiger partial charge in [0.05, 0.1) is 5.69 Å². The molecule has 26 heavy (non-hydrogen) atoms. The van der Waals surface area contributed by atoms with Crippen molar-refractivity contribution in [1.82, 2.24) is 15.5 Å². The van der Waals surface area contributed by atoms with E-state index in [-0.39, 0.29) is 6.03 Å². The van der Waals surface area contributed by atoms with Crippen molar-refractivity contribution in [2.75, 3.05) is 12.4 Å². The van der Waals surface area contributed by atoms with Gasteiger partial charge in [-0.1, -0.05) is 26.0 Å². The second kappa shape index (κ2) is 9.42. The number of aryl methyl sites for hydroxylation is 2. The lowest BCUT2D eigenvalue weighted by Crippen LogP contribution is -2.46. The molecule has 0 atom stereocenters. The molecule has 0 saturated carbocycles. The summed E-state index contributed by atoms with van der Waals surface area (Å²) >= 11 is 4.39. The number of nitrogens with two attached hydrogens (primary N) is 1. The van der Waals surface area contributed by atoms with E-state index >= 15 is 0 Å². The van der Waals surface area contributed by atoms with Crippen LogP contribution in [0.4, 0.5) is 10.5 Å². The van der Waals surface area contributed by atoms with E-state index in [1.807, 2.05) is 31.2 Å². The number of hydrogen-bond donors (Lipinski definition) is 4. The van der Waals surface area contributed by atoms with Crippen LogP contribution in [0.3, 0.4) is 0 Å². The highest BCUT2D eigenvalue weighted by atomic mass is 32.1. The number of anilines is 1. The Hall–Kier alpha value is -2.29. The number of hydrazine groups is 2. The van der Waals surface area contributed by atoms with Gasteiger partial charge in [0, 0.05) is 29.3 Å². The summed E-state index contributed by atoms with van der Waals surface area (Å²) in [6.07, 6.45) is 1.60. The van der Waals surface area contributed by atoms with Crippen molar-refractivity contribution in [2.24, 2.45) is 5.84 Å². The van der Waals surface area contributed by atoms with Gasteiger partial charge in [0.1, 0.15) is 6.61 Å². The number of carbonyl (C=O) groups excluding carboxylic acids is 1. The highest BCUT2D eigenvalue weighted by Crippen LogP contribution is 2.24. The van der Waals surface area contributed by atoms with Crippen molar-refractivity contribution in [1.29, 1.82) is 0 Å². The number of rotatable bonds is 7. The molecule has 0 fully saturated rings. The van der Waals surface area contributed by atoms with E-state index in [1.54, 1.807) is 6.07 Å². The van der Waals surface area contributed by atoms with Gasteiger partial charge in [0.15, 0.2) is 0 Å². The van der Waals surface area contributed by atoms with Crippen molar-refractivity contribution in [3.8, 4) is 5.88 Å². The SMILES string of the molecule is CCc1cccc(NC(=O)N(C)NN)c1COc1ccc(S)c(CC)n1. The number of carbonyl (C=O) groups is 1. The summed E-state index contributed by atoms with van der Waals surface area (Å²) in [6, 6.07) is 9.05. The maximum Gasteiger partial charge on any atom is 0.337 e. The van der Waals surface area contributed by atoms with Crippen LogP contribution in [0.25, 0.3) is 0 Å². The molecule has 0 aliphatic carbocycles. The summed E-state index contributed by atoms with van der Waals surface area (Å²) in [4.78, 5) is 17.4. The number of thiol groups is 1. The minimum absolute atomic E-state index is 0.293. The summed E-state index contributed by atoms with van der Waals surface area (Å²) in [5.74, 6) is 5.80. The third-order valence-electron chi connectivity index (χ3n) is 4.02. The monoisotopic (exact) mass is 375 g/mol. The van der Waals surface area contributed by atoms with Crippen LogP contribution in [0.1, 0.15) is 30.7 Å². The topological polar surface area (TPSA) is 92.5 Å². The zero-order valence-corrected chi connectivity index (χ0v) is 16.1. The van der Waals surface area contributed by atoms with E-state index in [2.05, 4.69) is 35.4 Å². The zero-order chi connectivity index (χ0) is 19.1. The second-order valence-electron chi connectivity index (χ2n) is 5.67. The lowest BCUT2D eigenvalue weighted by atomic mass is 10.0. The summed E-state index contributed by atoms with van der Waals surface area (Å²) in [5, 5.41) is 3.99. The zero-order valence-electron chi connectivity index (χ0n) is 15.2. The van der Waals surface area contributed by atoms with Gasteiger partial charge in [-0.15, -0.1) is 12.6 Å². The number of ether oxygens (including phenoxy) is 1. The molecule has 140 valence electrons. The van der Waals surface area contributed by atoms with Gasteiger partial charge in [-0.05, 0) is 30.5 Å². The van der Waals surface area contributed by atoms with Crippen LogP contribution in [-0.2, 0) is 19.4 Å². The van der Waals surface area contributed by atoms with E-state index in [1.165, 1.54) is 7.05 Å². The minimum atomic E-state index is -0.368. The molecule has 0 bridgehead atoms. The van der Waals surface area contributed by atoms with E-state index in [0.29, 0.717) is 18.2 Å². The molecule has 0 unspecified atom stereocenters. The molecule has 0 aliphatic rings. The Morgan fingerprint density at radius 2 is 2.04 bits per heavy atom. The first kappa shape index (κ1) is 20.0. The molecule has 2 aromatic rings. The third-order valence-corrected chi connectivity index (χ3v) is 4.42. The molecular formula is C18H25N5O2S. The molecule has 0 saturated heterocycles. The number of hydrogen-bond acceptors (Lipinski definition) is 6. The van der Waals surface area contributed by atoms with E-state index in [9.17, 15) is 4.79 Å². The van der Waals surface area contributed by atoms with Crippen molar-refractivity contribution in [3.63, 3.8) is 0 Å². The fraction of sp³-hybridized carbons (Fsp3) is 0.333. The number of amides is 2. The number of nitrogens with zero attached hydrogens (tertiary/aromatic N) is 2. The highest BCUT2D eigenvalue weighted by Gasteiger charge is 2.14. The lowest BCUT2D eigenvalue weighted by molar-refractivity contribution is 0.202. The van der Waals surface area contributed by atoms with Crippen molar-refractivity contribution in [2.45, 2.75) is 38.2 Å². The molecular weight excluding hydrogens is 350 g/mol. The van der Waals surface area contributed by atoms with Crippen molar-refractivity contribution < 1.29 is 9.53 Å². The Bertz CT molecular complexity index is 769. The molecule has 0 aliphatic heterocycles. The molecule has 1 aromatic carbocycles. The lowest BCUT2D eigenvalue weighted by Gasteiger charge is -2.19. The van der Waals surface area contributed by atoms with Gasteiger partial charge in [0.25, 0.3) is 0 Å². The Balaban J connectivity index is 2.23. The van der Waals surface area contributed by atoms with Crippen LogP contribution in [-0.4, -0.2) is 23.1 Å². The fourth-order valence-electron chi connectivity index (χ4n) is 2.47. The maximum atomic E-state index is 12.1. The van der Waals surface area contributed by atoms with Crippen LogP contribution < -0.4 is 21.4 Å². The number of benzene rings is 1. The quantitative estimate of drug-likeness (QED) is 0.339. The van der Waals surface area contributed by atoms with Gasteiger partial charge in [-0.2, -0.15) is 5.53 Å². The van der Waals surface area contributed by atoms with Gasteiger partial charge in [-0.25, -0.2) is 14.8 Å².